The predicted molar refractivity (Wildman–Crippen MR) is 73.3 cm³/mol. The molecule has 2 rings (SSSR count). The van der Waals surface area contributed by atoms with Gasteiger partial charge in [-0.1, -0.05) is 20.3 Å². The van der Waals surface area contributed by atoms with Crippen molar-refractivity contribution >= 4 is 0 Å². The minimum absolute atomic E-state index is 0.613. The fourth-order valence-corrected chi connectivity index (χ4v) is 2.38. The average molecular weight is 248 g/mol. The van der Waals surface area contributed by atoms with Crippen LogP contribution in [0.5, 0.6) is 0 Å². The first kappa shape index (κ1) is 13.4. The largest absolute Gasteiger partial charge is 0.311 e. The van der Waals surface area contributed by atoms with E-state index in [0.29, 0.717) is 6.04 Å². The molecule has 2 atom stereocenters. The molecule has 0 saturated carbocycles. The van der Waals surface area contributed by atoms with Gasteiger partial charge in [0.1, 0.15) is 0 Å². The summed E-state index contributed by atoms with van der Waals surface area (Å²) in [5.74, 6) is 0.733. The van der Waals surface area contributed by atoms with Crippen molar-refractivity contribution in [1.82, 2.24) is 20.2 Å². The van der Waals surface area contributed by atoms with Crippen LogP contribution in [0.4, 0.5) is 0 Å². The van der Waals surface area contributed by atoms with Crippen LogP contribution in [0, 0.1) is 12.8 Å². The second-order valence-electron chi connectivity index (χ2n) is 5.33. The van der Waals surface area contributed by atoms with Gasteiger partial charge in [-0.25, -0.2) is 0 Å². The Morgan fingerprint density at radius 1 is 1.44 bits per heavy atom. The highest BCUT2D eigenvalue weighted by Crippen LogP contribution is 2.13. The summed E-state index contributed by atoms with van der Waals surface area (Å²) < 4.78 is 0. The van der Waals surface area contributed by atoms with Crippen molar-refractivity contribution in [2.24, 2.45) is 5.92 Å². The van der Waals surface area contributed by atoms with E-state index < -0.39 is 0 Å². The van der Waals surface area contributed by atoms with E-state index in [-0.39, 0.29) is 0 Å². The normalized spacial score (nSPS) is 22.9. The summed E-state index contributed by atoms with van der Waals surface area (Å²) in [6, 6.07) is 0.613. The smallest absolute Gasteiger partial charge is 0.0727 e. The maximum Gasteiger partial charge on any atom is 0.0727 e. The van der Waals surface area contributed by atoms with E-state index in [1.807, 2.05) is 19.3 Å². The third kappa shape index (κ3) is 3.50. The summed E-state index contributed by atoms with van der Waals surface area (Å²) in [5, 5.41) is 3.62. The van der Waals surface area contributed by atoms with Gasteiger partial charge in [0.05, 0.1) is 11.4 Å². The Bertz CT molecular complexity index is 363. The van der Waals surface area contributed by atoms with E-state index in [9.17, 15) is 0 Å². The molecule has 18 heavy (non-hydrogen) atoms. The lowest BCUT2D eigenvalue weighted by Crippen LogP contribution is -2.52. The van der Waals surface area contributed by atoms with Gasteiger partial charge in [0.2, 0.25) is 0 Å². The molecular formula is C14H24N4. The van der Waals surface area contributed by atoms with Crippen molar-refractivity contribution in [2.75, 3.05) is 19.6 Å². The van der Waals surface area contributed by atoms with Crippen LogP contribution in [0.15, 0.2) is 12.4 Å². The van der Waals surface area contributed by atoms with Gasteiger partial charge >= 0.3 is 0 Å². The summed E-state index contributed by atoms with van der Waals surface area (Å²) in [4.78, 5) is 11.2. The summed E-state index contributed by atoms with van der Waals surface area (Å²) in [6.45, 7) is 10.8. The highest BCUT2D eigenvalue weighted by atomic mass is 15.2. The lowest BCUT2D eigenvalue weighted by molar-refractivity contribution is 0.160. The molecule has 1 N–H and O–H groups in total. The van der Waals surface area contributed by atoms with Crippen LogP contribution in [0.2, 0.25) is 0 Å². The van der Waals surface area contributed by atoms with E-state index in [2.05, 4.69) is 34.0 Å². The Labute approximate surface area is 110 Å². The van der Waals surface area contributed by atoms with Gasteiger partial charge in [0.15, 0.2) is 0 Å². The van der Waals surface area contributed by atoms with Gasteiger partial charge in [-0.15, -0.1) is 0 Å². The van der Waals surface area contributed by atoms with Crippen molar-refractivity contribution in [3.8, 4) is 0 Å². The maximum absolute atomic E-state index is 4.44. The quantitative estimate of drug-likeness (QED) is 0.879. The van der Waals surface area contributed by atoms with E-state index in [0.717, 1.165) is 43.5 Å². The molecule has 0 amide bonds. The van der Waals surface area contributed by atoms with Crippen LogP contribution >= 0.6 is 0 Å². The van der Waals surface area contributed by atoms with E-state index in [4.69, 9.17) is 0 Å². The predicted octanol–water partition coefficient (Wildman–Crippen LogP) is 1.60. The first-order chi connectivity index (χ1) is 8.69. The molecule has 0 bridgehead atoms. The Balaban J connectivity index is 1.91. The number of nitrogens with one attached hydrogen (secondary N) is 1. The summed E-state index contributed by atoms with van der Waals surface area (Å²) in [7, 11) is 0. The monoisotopic (exact) mass is 248 g/mol. The van der Waals surface area contributed by atoms with Crippen molar-refractivity contribution in [1.29, 1.82) is 0 Å². The third-order valence-electron chi connectivity index (χ3n) is 3.84. The number of rotatable bonds is 4. The van der Waals surface area contributed by atoms with Crippen LogP contribution in [0.3, 0.4) is 0 Å². The molecule has 0 aromatic carbocycles. The average Bonchev–Trinajstić information content (AvgIpc) is 2.41. The van der Waals surface area contributed by atoms with Crippen LogP contribution in [-0.4, -0.2) is 40.5 Å². The SMILES string of the molecule is CCC(C)C1CN(Cc2cnc(C)cn2)CCN1. The number of nitrogens with zero attached hydrogens (tertiary/aromatic N) is 3. The lowest BCUT2D eigenvalue weighted by atomic mass is 9.97. The molecule has 100 valence electrons. The molecule has 1 aliphatic rings. The van der Waals surface area contributed by atoms with Gasteiger partial charge < -0.3 is 5.32 Å². The molecule has 0 spiro atoms. The molecule has 2 heterocycles. The molecule has 1 aliphatic heterocycles. The fraction of sp³-hybridized carbons (Fsp3) is 0.714. The van der Waals surface area contributed by atoms with Gasteiger partial charge in [-0.2, -0.15) is 0 Å². The zero-order chi connectivity index (χ0) is 13.0. The third-order valence-corrected chi connectivity index (χ3v) is 3.84. The highest BCUT2D eigenvalue weighted by molar-refractivity contribution is 5.01. The first-order valence-corrected chi connectivity index (χ1v) is 6.92. The Morgan fingerprint density at radius 3 is 2.94 bits per heavy atom. The molecule has 1 saturated heterocycles. The minimum Gasteiger partial charge on any atom is -0.311 e. The van der Waals surface area contributed by atoms with Gasteiger partial charge in [-0.05, 0) is 12.8 Å². The summed E-state index contributed by atoms with van der Waals surface area (Å²) >= 11 is 0. The second kappa shape index (κ2) is 6.25. The molecule has 1 aromatic rings. The molecule has 2 unspecified atom stereocenters. The van der Waals surface area contributed by atoms with E-state index in [1.54, 1.807) is 0 Å². The lowest BCUT2D eigenvalue weighted by Gasteiger charge is -2.36. The van der Waals surface area contributed by atoms with Crippen molar-refractivity contribution in [3.63, 3.8) is 0 Å². The maximum atomic E-state index is 4.44. The molecule has 4 heteroatoms. The van der Waals surface area contributed by atoms with Crippen LogP contribution < -0.4 is 5.32 Å². The number of hydrogen-bond acceptors (Lipinski definition) is 4. The van der Waals surface area contributed by atoms with E-state index in [1.165, 1.54) is 6.42 Å². The topological polar surface area (TPSA) is 41.1 Å². The number of piperazine rings is 1. The minimum atomic E-state index is 0.613. The van der Waals surface area contributed by atoms with Crippen LogP contribution in [0.25, 0.3) is 0 Å². The highest BCUT2D eigenvalue weighted by Gasteiger charge is 2.23. The molecule has 1 fully saturated rings. The fourth-order valence-electron chi connectivity index (χ4n) is 2.38. The molecule has 1 aromatic heterocycles. The first-order valence-electron chi connectivity index (χ1n) is 6.92. The second-order valence-corrected chi connectivity index (χ2v) is 5.33. The zero-order valence-electron chi connectivity index (χ0n) is 11.7. The number of hydrogen-bond donors (Lipinski definition) is 1. The van der Waals surface area contributed by atoms with Crippen LogP contribution in [-0.2, 0) is 6.54 Å². The molecule has 0 aliphatic carbocycles. The van der Waals surface area contributed by atoms with Gasteiger partial charge in [0.25, 0.3) is 0 Å². The van der Waals surface area contributed by atoms with Gasteiger partial charge in [-0.3, -0.25) is 14.9 Å². The standard InChI is InChI=1S/C14H24N4/c1-4-11(2)14-10-18(6-5-15-14)9-13-8-16-12(3)7-17-13/h7-8,11,14-15H,4-6,9-10H2,1-3H3. The Morgan fingerprint density at radius 2 is 2.28 bits per heavy atom. The zero-order valence-corrected chi connectivity index (χ0v) is 11.7. The van der Waals surface area contributed by atoms with Crippen molar-refractivity contribution < 1.29 is 0 Å². The Kier molecular flexibility index (Phi) is 4.66. The Hall–Kier alpha value is -1.00. The van der Waals surface area contributed by atoms with Crippen LogP contribution in [0.1, 0.15) is 31.7 Å². The molecular weight excluding hydrogens is 224 g/mol. The van der Waals surface area contributed by atoms with Gasteiger partial charge in [0, 0.05) is 44.6 Å². The van der Waals surface area contributed by atoms with E-state index >= 15 is 0 Å². The number of aromatic nitrogens is 2. The molecule has 0 radical (unpaired) electrons. The molecule has 4 nitrogen and oxygen atoms in total. The summed E-state index contributed by atoms with van der Waals surface area (Å²) in [6.07, 6.45) is 4.98. The van der Waals surface area contributed by atoms with Crippen molar-refractivity contribution in [2.45, 2.75) is 39.8 Å². The van der Waals surface area contributed by atoms with Crippen molar-refractivity contribution in [3.05, 3.63) is 23.8 Å². The number of aryl methyl sites for hydroxylation is 1. The summed E-state index contributed by atoms with van der Waals surface area (Å²) in [5.41, 5.74) is 2.06.